The highest BCUT2D eigenvalue weighted by Gasteiger charge is 2.30. The van der Waals surface area contributed by atoms with E-state index < -0.39 is 32.0 Å². The molecule has 4 heterocycles. The first-order chi connectivity index (χ1) is 33.6. The fourth-order valence-electron chi connectivity index (χ4n) is 7.89. The molecule has 2 fully saturated rings. The fourth-order valence-corrected chi connectivity index (χ4v) is 10.9. The van der Waals surface area contributed by atoms with Crippen LogP contribution in [0.25, 0.3) is 0 Å². The summed E-state index contributed by atoms with van der Waals surface area (Å²) < 4.78 is 75.2. The molecule has 0 spiro atoms. The van der Waals surface area contributed by atoms with Gasteiger partial charge in [-0.2, -0.15) is 0 Å². The minimum atomic E-state index is -3.74. The number of piperazine rings is 1. The zero-order valence-electron chi connectivity index (χ0n) is 38.7. The predicted octanol–water partition coefficient (Wildman–Crippen LogP) is 7.66. The third-order valence-corrected chi connectivity index (χ3v) is 15.6. The summed E-state index contributed by atoms with van der Waals surface area (Å²) >= 11 is 7.30. The normalized spacial score (nSPS) is 14.9. The van der Waals surface area contributed by atoms with Gasteiger partial charge in [-0.05, 0) is 98.3 Å². The predicted molar refractivity (Wildman–Crippen MR) is 277 cm³/mol. The minimum absolute atomic E-state index is 0. The topological polar surface area (TPSA) is 239 Å². The van der Waals surface area contributed by atoms with Gasteiger partial charge in [-0.1, -0.05) is 66.2 Å². The number of rotatable bonds is 15. The van der Waals surface area contributed by atoms with Crippen LogP contribution in [0.2, 0.25) is 5.02 Å². The number of hydrogen-bond donors (Lipinski definition) is 3. The molecule has 2 aliphatic heterocycles. The van der Waals surface area contributed by atoms with Crippen LogP contribution in [-0.2, 0) is 41.0 Å². The van der Waals surface area contributed by atoms with Crippen LogP contribution in [0.15, 0.2) is 149 Å². The number of aromatic nitrogens is 3. The van der Waals surface area contributed by atoms with E-state index in [2.05, 4.69) is 29.3 Å². The molecule has 1 atom stereocenters. The van der Waals surface area contributed by atoms with E-state index in [4.69, 9.17) is 21.7 Å². The van der Waals surface area contributed by atoms with Crippen molar-refractivity contribution < 1.29 is 43.9 Å². The lowest BCUT2D eigenvalue weighted by molar-refractivity contribution is -0.143. The van der Waals surface area contributed by atoms with E-state index in [-0.39, 0.29) is 63.5 Å². The average Bonchev–Trinajstić information content (AvgIpc) is 3.89. The molecular formula is C49H57ClFN9O8S3. The Morgan fingerprint density at radius 1 is 0.845 bits per heavy atom. The van der Waals surface area contributed by atoms with Crippen LogP contribution in [0, 0.1) is 11.2 Å². The summed E-state index contributed by atoms with van der Waals surface area (Å²) in [7, 11) is -7.46. The number of carbonyl (C=O) groups is 2. The minimum Gasteiger partial charge on any atom is -0.412 e. The largest absolute Gasteiger partial charge is 0.412 e. The number of likely N-dealkylation sites (tertiary alicyclic amines) is 1. The number of nitrogens with one attached hydrogen (secondary N) is 3. The van der Waals surface area contributed by atoms with Gasteiger partial charge >= 0.3 is 0 Å². The van der Waals surface area contributed by atoms with Crippen LogP contribution in [0.1, 0.15) is 52.2 Å². The highest BCUT2D eigenvalue weighted by atomic mass is 35.5. The zero-order valence-corrected chi connectivity index (χ0v) is 41.9. The Labute approximate surface area is 424 Å². The van der Waals surface area contributed by atoms with E-state index in [1.54, 1.807) is 72.7 Å². The number of hydrogen-bond acceptors (Lipinski definition) is 13. The van der Waals surface area contributed by atoms with E-state index in [1.807, 2.05) is 35.2 Å². The van der Waals surface area contributed by atoms with Gasteiger partial charge in [-0.3, -0.25) is 24.4 Å². The van der Waals surface area contributed by atoms with Crippen molar-refractivity contribution in [2.24, 2.45) is 0 Å². The summed E-state index contributed by atoms with van der Waals surface area (Å²) in [5.41, 5.74) is 2.70. The van der Waals surface area contributed by atoms with E-state index >= 15 is 0 Å². The summed E-state index contributed by atoms with van der Waals surface area (Å²) in [5.74, 6) is -0.637. The maximum Gasteiger partial charge on any atom is 0.263 e. The lowest BCUT2D eigenvalue weighted by atomic mass is 9.89. The van der Waals surface area contributed by atoms with E-state index in [1.165, 1.54) is 60.4 Å². The van der Waals surface area contributed by atoms with Crippen LogP contribution in [0.4, 0.5) is 21.0 Å². The number of allylic oxidation sites excluding steroid dienone is 1. The molecule has 0 saturated carbocycles. The maximum absolute atomic E-state index is 14.3. The second-order valence-corrected chi connectivity index (χ2v) is 20.9. The summed E-state index contributed by atoms with van der Waals surface area (Å²) in [4.78, 5) is 43.5. The van der Waals surface area contributed by atoms with Crippen molar-refractivity contribution in [2.45, 2.75) is 55.1 Å². The quantitative estimate of drug-likeness (QED) is 0.0667. The number of nitrogens with zero attached hydrogens (tertiary/aromatic N) is 6. The van der Waals surface area contributed by atoms with Crippen LogP contribution in [0.3, 0.4) is 0 Å². The standard InChI is InChI=1S/C25H24ClFN4O3S2.C24H27N5O4S.H2O.2H2/c1-2-19(23(28)22-20(26)4-3-5-21(22)27)24(32)31-13-10-17(11-14-31)16-6-8-18(9-7-16)36(33,34)30-25-29-12-15-35-25;1-19(33-17-20-5-3-2-4-6-20)24(30)29-15-13-28(14-16-29)21-7-9-22(10-8-21)34(31,32)27-23-11-12-25-18-26-23;;;/h2-9,12,15,17,28H,10-11,13-14H2,1H3,(H,29,30);2-12,18-19H,13-17H2,1H3,(H,25,26,27);1H2;2*1H/b19-2-,28-23?;;;;. The number of sulfonamides is 2. The third-order valence-electron chi connectivity index (χ3n) is 11.7. The van der Waals surface area contributed by atoms with E-state index in [0.717, 1.165) is 16.8 Å². The number of benzene rings is 4. The first-order valence-corrected chi connectivity index (χ1v) is 26.4. The molecule has 2 aromatic heterocycles. The SMILES string of the molecule is C/C=C(/C(=N)c1c(F)cccc1Cl)C(=O)N1CCC(c2ccc(S(=O)(=O)Nc3nccs3)cc2)CC1.CC(OCc1ccccc1)C(=O)N1CCN(c2ccc(S(=O)(=O)Nc3ccncn3)cc2)CC1.O.[HH].[HH]. The molecule has 0 bridgehead atoms. The maximum atomic E-state index is 14.3. The zero-order chi connectivity index (χ0) is 49.8. The Kier molecular flexibility index (Phi) is 18.5. The molecule has 22 heteroatoms. The number of halogens is 2. The van der Waals surface area contributed by atoms with Crippen LogP contribution < -0.4 is 14.3 Å². The van der Waals surface area contributed by atoms with E-state index in [0.29, 0.717) is 63.8 Å². The Bertz CT molecular complexity index is 2990. The molecule has 6 aromatic rings. The van der Waals surface area contributed by atoms with Gasteiger partial charge in [0.1, 0.15) is 24.1 Å². The molecule has 4 aromatic carbocycles. The number of ether oxygens (including phenoxy) is 1. The van der Waals surface area contributed by atoms with Crippen LogP contribution >= 0.6 is 22.9 Å². The summed E-state index contributed by atoms with van der Waals surface area (Å²) in [6.45, 7) is 7.21. The Hall–Kier alpha value is -6.62. The highest BCUT2D eigenvalue weighted by Crippen LogP contribution is 2.31. The fraction of sp³-hybridized carbons (Fsp3) is 0.265. The number of thiazole rings is 1. The van der Waals surface area contributed by atoms with Gasteiger partial charge in [-0.25, -0.2) is 36.2 Å². The lowest BCUT2D eigenvalue weighted by Crippen LogP contribution is -2.51. The molecule has 2 amide bonds. The van der Waals surface area contributed by atoms with Crippen molar-refractivity contribution in [2.75, 3.05) is 53.6 Å². The van der Waals surface area contributed by atoms with Gasteiger partial charge in [0, 0.05) is 65.6 Å². The van der Waals surface area contributed by atoms with Crippen molar-refractivity contribution in [1.29, 1.82) is 5.41 Å². The Balaban J connectivity index is 0.000000304. The average molecular weight is 1050 g/mol. The van der Waals surface area contributed by atoms with Crippen molar-refractivity contribution in [3.63, 3.8) is 0 Å². The molecule has 8 rings (SSSR count). The molecule has 2 saturated heterocycles. The molecule has 5 N–H and O–H groups in total. The summed E-state index contributed by atoms with van der Waals surface area (Å²) in [6, 6.07) is 28.8. The second kappa shape index (κ2) is 24.5. The third kappa shape index (κ3) is 13.8. The molecule has 71 heavy (non-hydrogen) atoms. The van der Waals surface area contributed by atoms with Crippen molar-refractivity contribution in [3.8, 4) is 0 Å². The van der Waals surface area contributed by atoms with Gasteiger partial charge in [0.2, 0.25) is 0 Å². The number of piperidine rings is 1. The molecule has 17 nitrogen and oxygen atoms in total. The Morgan fingerprint density at radius 3 is 2.08 bits per heavy atom. The van der Waals surface area contributed by atoms with Gasteiger partial charge < -0.3 is 24.9 Å². The second-order valence-electron chi connectivity index (χ2n) is 16.2. The first-order valence-electron chi connectivity index (χ1n) is 22.2. The number of amides is 2. The first kappa shape index (κ1) is 53.7. The van der Waals surface area contributed by atoms with Gasteiger partial charge in [-0.15, -0.1) is 11.3 Å². The lowest BCUT2D eigenvalue weighted by Gasteiger charge is -2.37. The number of carbonyl (C=O) groups excluding carboxylic acids is 2. The monoisotopic (exact) mass is 1050 g/mol. The molecule has 0 radical (unpaired) electrons. The van der Waals surface area contributed by atoms with E-state index in [9.17, 15) is 30.8 Å². The summed E-state index contributed by atoms with van der Waals surface area (Å²) in [6.07, 6.45) is 6.63. The van der Waals surface area contributed by atoms with Gasteiger partial charge in [0.15, 0.2) is 5.13 Å². The van der Waals surface area contributed by atoms with Gasteiger partial charge in [0.25, 0.3) is 31.9 Å². The molecule has 2 aliphatic rings. The smallest absolute Gasteiger partial charge is 0.263 e. The van der Waals surface area contributed by atoms with Gasteiger partial charge in [0.05, 0.1) is 38.3 Å². The van der Waals surface area contributed by atoms with Crippen molar-refractivity contribution in [1.82, 2.24) is 24.8 Å². The van der Waals surface area contributed by atoms with Crippen LogP contribution in [0.5, 0.6) is 0 Å². The molecular weight excluding hydrogens is 993 g/mol. The molecule has 0 aliphatic carbocycles. The molecule has 378 valence electrons. The highest BCUT2D eigenvalue weighted by molar-refractivity contribution is 7.93. The van der Waals surface area contributed by atoms with Crippen molar-refractivity contribution in [3.05, 3.63) is 166 Å². The Morgan fingerprint density at radius 2 is 1.49 bits per heavy atom. The van der Waals surface area contributed by atoms with Crippen molar-refractivity contribution >= 4 is 77.1 Å². The number of anilines is 3. The van der Waals surface area contributed by atoms with Crippen LogP contribution in [-0.4, -0.2) is 110 Å². The summed E-state index contributed by atoms with van der Waals surface area (Å²) in [5, 5.41) is 10.5. The molecule has 1 unspecified atom stereocenters.